The van der Waals surface area contributed by atoms with E-state index in [0.717, 1.165) is 13.1 Å². The Labute approximate surface area is 62.7 Å². The fourth-order valence-corrected chi connectivity index (χ4v) is 0.250. The zero-order valence-corrected chi connectivity index (χ0v) is 9.33. The molecule has 1 N–H and O–H groups in total. The molecular weight excluding hydrogens is 126 g/mol. The van der Waals surface area contributed by atoms with Crippen LogP contribution in [0.15, 0.2) is 0 Å². The summed E-state index contributed by atoms with van der Waals surface area (Å²) in [5.74, 6) is 0. The van der Waals surface area contributed by atoms with Crippen LogP contribution in [0.25, 0.3) is 0 Å². The minimum absolute atomic E-state index is 1.09. The van der Waals surface area contributed by atoms with Crippen molar-refractivity contribution in [3.63, 3.8) is 0 Å². The lowest BCUT2D eigenvalue weighted by atomic mass is 10.6. The molecule has 0 rings (SSSR count). The van der Waals surface area contributed by atoms with Gasteiger partial charge in [0.2, 0.25) is 0 Å². The van der Waals surface area contributed by atoms with Gasteiger partial charge in [-0.25, -0.2) is 0 Å². The number of hydrogen-bond acceptors (Lipinski definition) is 1. The molecule has 0 radical (unpaired) electrons. The molecule has 0 spiro atoms. The maximum Gasteiger partial charge on any atom is 0.00278 e. The first-order valence-corrected chi connectivity index (χ1v) is 5.45. The third kappa shape index (κ3) is 30.9. The van der Waals surface area contributed by atoms with E-state index in [1.54, 1.807) is 0 Å². The van der Waals surface area contributed by atoms with Crippen LogP contribution in [0.2, 0.25) is 6.04 Å². The Hall–Kier alpha value is 0.177. The van der Waals surface area contributed by atoms with Crippen molar-refractivity contribution in [3.05, 3.63) is 0 Å². The van der Waals surface area contributed by atoms with Crippen molar-refractivity contribution in [2.24, 2.45) is 0 Å². The molecule has 0 fully saturated rings. The molecule has 0 saturated heterocycles. The zero-order valence-electron chi connectivity index (χ0n) is 7.33. The maximum atomic E-state index is 3.11. The molecule has 0 aliphatic rings. The summed E-state index contributed by atoms with van der Waals surface area (Å²) in [5.41, 5.74) is 0. The number of rotatable bonds is 3. The van der Waals surface area contributed by atoms with Gasteiger partial charge < -0.3 is 5.32 Å². The van der Waals surface area contributed by atoms with Crippen LogP contribution in [0.1, 0.15) is 27.2 Å². The van der Waals surface area contributed by atoms with E-state index in [9.17, 15) is 0 Å². The van der Waals surface area contributed by atoms with Gasteiger partial charge in [0.25, 0.3) is 0 Å². The number of nitrogens with one attached hydrogen (secondary N) is 1. The van der Waals surface area contributed by atoms with Crippen LogP contribution >= 0.6 is 0 Å². The predicted molar refractivity (Wildman–Crippen MR) is 49.3 cm³/mol. The van der Waals surface area contributed by atoms with Crippen LogP contribution in [0.5, 0.6) is 0 Å². The average molecular weight is 147 g/mol. The lowest BCUT2D eigenvalue weighted by Crippen LogP contribution is -2.09. The molecule has 0 aromatic heterocycles. The van der Waals surface area contributed by atoms with Crippen molar-refractivity contribution in [3.8, 4) is 0 Å². The van der Waals surface area contributed by atoms with E-state index in [1.807, 2.05) is 0 Å². The topological polar surface area (TPSA) is 12.0 Å². The summed E-state index contributed by atoms with van der Waals surface area (Å²) in [7, 11) is 1.39. The highest BCUT2D eigenvalue weighted by atomic mass is 28.1. The van der Waals surface area contributed by atoms with E-state index in [1.165, 1.54) is 22.7 Å². The second-order valence-corrected chi connectivity index (χ2v) is 2.96. The Morgan fingerprint density at radius 3 is 1.44 bits per heavy atom. The third-order valence-corrected chi connectivity index (χ3v) is 2.00. The first-order chi connectivity index (χ1) is 4.33. The monoisotopic (exact) mass is 147 g/mol. The van der Waals surface area contributed by atoms with E-state index in [4.69, 9.17) is 0 Å². The van der Waals surface area contributed by atoms with Crippen molar-refractivity contribution in [2.45, 2.75) is 33.2 Å². The molecular formula is C7H21NSi. The lowest BCUT2D eigenvalue weighted by Gasteiger charge is -1.86. The molecule has 0 aromatic rings. The minimum Gasteiger partial charge on any atom is -0.317 e. The van der Waals surface area contributed by atoms with E-state index >= 15 is 0 Å². The van der Waals surface area contributed by atoms with Crippen LogP contribution in [0.4, 0.5) is 0 Å². The second kappa shape index (κ2) is 15.7. The smallest absolute Gasteiger partial charge is 0.00278 e. The van der Waals surface area contributed by atoms with E-state index in [-0.39, 0.29) is 0 Å². The minimum atomic E-state index is 1.09. The van der Waals surface area contributed by atoms with Gasteiger partial charge in [-0.1, -0.05) is 33.2 Å². The molecule has 58 valence electrons. The summed E-state index contributed by atoms with van der Waals surface area (Å²) in [5, 5.41) is 3.11. The first-order valence-electron chi connectivity index (χ1n) is 4.04. The predicted octanol–water partition coefficient (Wildman–Crippen LogP) is 0.796. The van der Waals surface area contributed by atoms with Gasteiger partial charge in [0.15, 0.2) is 0 Å². The normalized spacial score (nSPS) is 8.33. The molecule has 0 unspecified atom stereocenters. The standard InChI is InChI=1S/C4H11N.C3H10Si/c1-3-5-4-2;1-2-3-4/h5H,3-4H2,1-2H3;2-3H2,1,4H3. The van der Waals surface area contributed by atoms with Gasteiger partial charge in [0, 0.05) is 10.2 Å². The van der Waals surface area contributed by atoms with Crippen LogP contribution in [-0.2, 0) is 0 Å². The Kier molecular flexibility index (Phi) is 20.8. The molecule has 0 atom stereocenters. The Morgan fingerprint density at radius 1 is 1.11 bits per heavy atom. The molecule has 0 bridgehead atoms. The average Bonchev–Trinajstić information content (AvgIpc) is 1.91. The van der Waals surface area contributed by atoms with Crippen LogP contribution in [-0.4, -0.2) is 23.3 Å². The molecule has 0 aliphatic heterocycles. The fraction of sp³-hybridized carbons (Fsp3) is 1.00. The van der Waals surface area contributed by atoms with Crippen LogP contribution in [0, 0.1) is 0 Å². The summed E-state index contributed by atoms with van der Waals surface area (Å²) in [4.78, 5) is 0. The van der Waals surface area contributed by atoms with Crippen molar-refractivity contribution >= 4 is 10.2 Å². The molecule has 9 heavy (non-hydrogen) atoms. The Morgan fingerprint density at radius 2 is 1.44 bits per heavy atom. The van der Waals surface area contributed by atoms with Gasteiger partial charge in [0.1, 0.15) is 0 Å². The van der Waals surface area contributed by atoms with Gasteiger partial charge in [-0.05, 0) is 13.1 Å². The fourth-order valence-electron chi connectivity index (χ4n) is 0.250. The summed E-state index contributed by atoms with van der Waals surface area (Å²) in [6.07, 6.45) is 1.38. The molecule has 2 heteroatoms. The quantitative estimate of drug-likeness (QED) is 0.582. The van der Waals surface area contributed by atoms with Crippen LogP contribution < -0.4 is 5.32 Å². The largest absolute Gasteiger partial charge is 0.317 e. The highest BCUT2D eigenvalue weighted by molar-refractivity contribution is 6.08. The van der Waals surface area contributed by atoms with Gasteiger partial charge in [-0.2, -0.15) is 0 Å². The van der Waals surface area contributed by atoms with Crippen molar-refractivity contribution in [1.82, 2.24) is 5.32 Å². The molecule has 0 aliphatic carbocycles. The summed E-state index contributed by atoms with van der Waals surface area (Å²) >= 11 is 0. The van der Waals surface area contributed by atoms with Crippen molar-refractivity contribution in [2.75, 3.05) is 13.1 Å². The van der Waals surface area contributed by atoms with Crippen molar-refractivity contribution in [1.29, 1.82) is 0 Å². The Bertz CT molecular complexity index is 28.1. The highest BCUT2D eigenvalue weighted by Crippen LogP contribution is 1.73. The van der Waals surface area contributed by atoms with Crippen molar-refractivity contribution < 1.29 is 0 Å². The van der Waals surface area contributed by atoms with Gasteiger partial charge >= 0.3 is 0 Å². The highest BCUT2D eigenvalue weighted by Gasteiger charge is 1.62. The molecule has 0 saturated carbocycles. The van der Waals surface area contributed by atoms with Crippen LogP contribution in [0.3, 0.4) is 0 Å². The zero-order chi connectivity index (χ0) is 7.54. The van der Waals surface area contributed by atoms with E-state index in [2.05, 4.69) is 26.1 Å². The SMILES string of the molecule is CCC[SiH3].CCNCC. The molecule has 1 nitrogen and oxygen atoms in total. The molecule has 0 aromatic carbocycles. The second-order valence-electron chi connectivity index (χ2n) is 1.96. The summed E-state index contributed by atoms with van der Waals surface area (Å²) < 4.78 is 0. The number of hydrogen-bond donors (Lipinski definition) is 1. The van der Waals surface area contributed by atoms with Gasteiger partial charge in [-0.3, -0.25) is 0 Å². The van der Waals surface area contributed by atoms with Gasteiger partial charge in [-0.15, -0.1) is 0 Å². The Balaban J connectivity index is 0. The van der Waals surface area contributed by atoms with E-state index in [0.29, 0.717) is 0 Å². The maximum absolute atomic E-state index is 3.11. The van der Waals surface area contributed by atoms with E-state index < -0.39 is 0 Å². The first kappa shape index (κ1) is 11.9. The lowest BCUT2D eigenvalue weighted by molar-refractivity contribution is 0.762. The summed E-state index contributed by atoms with van der Waals surface area (Å²) in [6.45, 7) is 8.60. The molecule has 0 heterocycles. The van der Waals surface area contributed by atoms with Gasteiger partial charge in [0.05, 0.1) is 0 Å². The third-order valence-electron chi connectivity index (χ3n) is 1.000. The summed E-state index contributed by atoms with van der Waals surface area (Å²) in [6, 6.07) is 1.46. The molecule has 0 amide bonds.